The van der Waals surface area contributed by atoms with E-state index in [0.717, 1.165) is 24.7 Å². The van der Waals surface area contributed by atoms with Gasteiger partial charge in [0.2, 0.25) is 0 Å². The van der Waals surface area contributed by atoms with Crippen molar-refractivity contribution >= 4 is 12.1 Å². The molecule has 6 heteroatoms. The van der Waals surface area contributed by atoms with Crippen LogP contribution in [-0.2, 0) is 14.3 Å². The van der Waals surface area contributed by atoms with Crippen LogP contribution in [0.3, 0.4) is 0 Å². The quantitative estimate of drug-likeness (QED) is 0.501. The highest BCUT2D eigenvalue weighted by atomic mass is 16.7. The normalized spacial score (nSPS) is 53.3. The molecule has 6 nitrogen and oxygen atoms in total. The molecular formula is C20H28O6. The van der Waals surface area contributed by atoms with Crippen LogP contribution in [0.5, 0.6) is 0 Å². The number of hydrogen-bond donors (Lipinski definition) is 3. The van der Waals surface area contributed by atoms with Gasteiger partial charge >= 0.3 is 0 Å². The lowest BCUT2D eigenvalue weighted by Crippen LogP contribution is -2.77. The summed E-state index contributed by atoms with van der Waals surface area (Å²) in [5.41, 5.74) is -1.59. The van der Waals surface area contributed by atoms with Crippen molar-refractivity contribution in [3.63, 3.8) is 0 Å². The Morgan fingerprint density at radius 3 is 2.65 bits per heavy atom. The number of fused-ring (bicyclic) bond motifs is 3. The van der Waals surface area contributed by atoms with Gasteiger partial charge in [-0.05, 0) is 55.4 Å². The summed E-state index contributed by atoms with van der Waals surface area (Å²) in [4.78, 5) is 23.5. The summed E-state index contributed by atoms with van der Waals surface area (Å²) >= 11 is 0. The van der Waals surface area contributed by atoms with Gasteiger partial charge < -0.3 is 24.9 Å². The molecule has 1 saturated heterocycles. The van der Waals surface area contributed by atoms with Crippen molar-refractivity contribution in [2.45, 2.75) is 76.0 Å². The Labute approximate surface area is 153 Å². The van der Waals surface area contributed by atoms with Crippen molar-refractivity contribution in [1.82, 2.24) is 0 Å². The average molecular weight is 364 g/mol. The molecule has 3 N–H and O–H groups in total. The number of hydrogen-bond acceptors (Lipinski definition) is 6. The van der Waals surface area contributed by atoms with Gasteiger partial charge in [0, 0.05) is 6.42 Å². The second-order valence-corrected chi connectivity index (χ2v) is 8.98. The molecule has 3 aliphatic carbocycles. The lowest BCUT2D eigenvalue weighted by atomic mass is 9.47. The summed E-state index contributed by atoms with van der Waals surface area (Å²) in [5.74, 6) is -0.725. The Bertz CT molecular complexity index is 673. The van der Waals surface area contributed by atoms with Crippen LogP contribution in [0.25, 0.3) is 0 Å². The maximum atomic E-state index is 12.1. The highest BCUT2D eigenvalue weighted by molar-refractivity contribution is 6.02. The molecule has 0 aromatic carbocycles. The first-order valence-electron chi connectivity index (χ1n) is 9.67. The second kappa shape index (κ2) is 5.71. The average Bonchev–Trinajstić information content (AvgIpc) is 2.60. The van der Waals surface area contributed by atoms with Crippen molar-refractivity contribution in [2.24, 2.45) is 23.2 Å². The predicted octanol–water partition coefficient (Wildman–Crippen LogP) is 1.12. The highest BCUT2D eigenvalue weighted by Crippen LogP contribution is 2.63. The third-order valence-corrected chi connectivity index (χ3v) is 7.87. The minimum atomic E-state index is -1.33. The summed E-state index contributed by atoms with van der Waals surface area (Å²) in [5, 5.41) is 31.9. The van der Waals surface area contributed by atoms with Gasteiger partial charge in [0.15, 0.2) is 12.1 Å². The molecule has 1 heterocycles. The molecule has 1 aliphatic heterocycles. The third-order valence-electron chi connectivity index (χ3n) is 7.87. The fraction of sp³-hybridized carbons (Fsp3) is 0.800. The van der Waals surface area contributed by atoms with E-state index >= 15 is 0 Å². The maximum absolute atomic E-state index is 12.1. The molecule has 0 aromatic rings. The van der Waals surface area contributed by atoms with Gasteiger partial charge in [-0.15, -0.1) is 0 Å². The minimum Gasteiger partial charge on any atom is -0.393 e. The van der Waals surface area contributed by atoms with E-state index in [1.807, 2.05) is 6.92 Å². The number of carbonyl (C=O) groups excluding carboxylic acids is 2. The van der Waals surface area contributed by atoms with Crippen LogP contribution in [0.15, 0.2) is 11.6 Å². The van der Waals surface area contributed by atoms with Crippen molar-refractivity contribution in [3.05, 3.63) is 11.6 Å². The van der Waals surface area contributed by atoms with E-state index < -0.39 is 34.9 Å². The summed E-state index contributed by atoms with van der Waals surface area (Å²) in [7, 11) is 0. The van der Waals surface area contributed by atoms with Crippen LogP contribution >= 0.6 is 0 Å². The third kappa shape index (κ3) is 2.13. The molecular weight excluding hydrogens is 336 g/mol. The molecule has 1 spiro atoms. The van der Waals surface area contributed by atoms with Gasteiger partial charge in [-0.2, -0.15) is 0 Å². The minimum absolute atomic E-state index is 0.0777. The van der Waals surface area contributed by atoms with Crippen LogP contribution in [0.1, 0.15) is 52.4 Å². The van der Waals surface area contributed by atoms with E-state index in [1.54, 1.807) is 6.08 Å². The number of rotatable bonds is 2. The maximum Gasteiger partial charge on any atom is 0.187 e. The zero-order chi connectivity index (χ0) is 18.9. The van der Waals surface area contributed by atoms with Crippen LogP contribution in [0, 0.1) is 23.2 Å². The molecule has 0 bridgehead atoms. The van der Waals surface area contributed by atoms with E-state index in [9.17, 15) is 24.9 Å². The van der Waals surface area contributed by atoms with Crippen LogP contribution in [0.4, 0.5) is 0 Å². The first-order valence-corrected chi connectivity index (χ1v) is 9.67. The van der Waals surface area contributed by atoms with Gasteiger partial charge in [0.25, 0.3) is 0 Å². The Morgan fingerprint density at radius 1 is 1.31 bits per heavy atom. The van der Waals surface area contributed by atoms with Gasteiger partial charge in [0.1, 0.15) is 17.5 Å². The standard InChI is InChI=1S/C20H28O6/c1-3-20(25)17(24)26-19(20)8-11-4-5-13-6-14(22)12(10-21)7-18(13,2)16(11)15(23)9-19/h6,10-12,15-17,23-25H,3-5,7-9H2,1-2H3. The topological polar surface area (TPSA) is 104 Å². The fourth-order valence-corrected chi connectivity index (χ4v) is 6.46. The number of allylic oxidation sites excluding steroid dienone is 2. The van der Waals surface area contributed by atoms with Gasteiger partial charge in [-0.25, -0.2) is 0 Å². The number of ketones is 1. The fourth-order valence-electron chi connectivity index (χ4n) is 6.46. The van der Waals surface area contributed by atoms with E-state index in [0.29, 0.717) is 19.3 Å². The molecule has 4 aliphatic rings. The van der Waals surface area contributed by atoms with E-state index in [1.165, 1.54) is 0 Å². The van der Waals surface area contributed by atoms with E-state index in [-0.39, 0.29) is 24.0 Å². The van der Waals surface area contributed by atoms with Gasteiger partial charge in [0.05, 0.1) is 12.0 Å². The Hall–Kier alpha value is -1.08. The Kier molecular flexibility index (Phi) is 4.02. The van der Waals surface area contributed by atoms with Crippen LogP contribution in [-0.4, -0.2) is 51.0 Å². The smallest absolute Gasteiger partial charge is 0.187 e. The molecule has 8 unspecified atom stereocenters. The zero-order valence-electron chi connectivity index (χ0n) is 15.4. The number of aldehydes is 1. The van der Waals surface area contributed by atoms with Gasteiger partial charge in [-0.1, -0.05) is 19.4 Å². The molecule has 0 aromatic heterocycles. The van der Waals surface area contributed by atoms with Crippen molar-refractivity contribution < 1.29 is 29.6 Å². The van der Waals surface area contributed by atoms with Crippen molar-refractivity contribution in [2.75, 3.05) is 0 Å². The summed E-state index contributed by atoms with van der Waals surface area (Å²) in [6.45, 7) is 3.87. The molecule has 144 valence electrons. The molecule has 0 amide bonds. The molecule has 0 radical (unpaired) electrons. The first kappa shape index (κ1) is 18.3. The largest absolute Gasteiger partial charge is 0.393 e. The number of aliphatic hydroxyl groups is 3. The molecule has 8 atom stereocenters. The van der Waals surface area contributed by atoms with Crippen molar-refractivity contribution in [1.29, 1.82) is 0 Å². The monoisotopic (exact) mass is 364 g/mol. The predicted molar refractivity (Wildman–Crippen MR) is 91.9 cm³/mol. The number of carbonyl (C=O) groups is 2. The Morgan fingerprint density at radius 2 is 2.04 bits per heavy atom. The molecule has 2 saturated carbocycles. The summed E-state index contributed by atoms with van der Waals surface area (Å²) in [6.07, 6.45) is 3.64. The molecule has 4 rings (SSSR count). The van der Waals surface area contributed by atoms with Crippen LogP contribution < -0.4 is 0 Å². The van der Waals surface area contributed by atoms with E-state index in [2.05, 4.69) is 6.92 Å². The van der Waals surface area contributed by atoms with Gasteiger partial charge in [-0.3, -0.25) is 4.79 Å². The number of ether oxygens (including phenoxy) is 1. The molecule has 26 heavy (non-hydrogen) atoms. The number of aliphatic hydroxyl groups excluding tert-OH is 2. The second-order valence-electron chi connectivity index (χ2n) is 8.98. The lowest BCUT2D eigenvalue weighted by molar-refractivity contribution is -0.431. The SMILES string of the molecule is CCC1(O)C(O)OC12CC(O)C1C(CCC3=CC(=O)C(C=O)CC31C)C2. The first-order chi connectivity index (χ1) is 12.2. The van der Waals surface area contributed by atoms with Crippen LogP contribution in [0.2, 0.25) is 0 Å². The zero-order valence-corrected chi connectivity index (χ0v) is 15.4. The Balaban J connectivity index is 1.67. The van der Waals surface area contributed by atoms with E-state index in [4.69, 9.17) is 4.74 Å². The van der Waals surface area contributed by atoms with Crippen molar-refractivity contribution in [3.8, 4) is 0 Å². The highest BCUT2D eigenvalue weighted by Gasteiger charge is 2.70. The lowest BCUT2D eigenvalue weighted by Gasteiger charge is -2.65. The summed E-state index contributed by atoms with van der Waals surface area (Å²) < 4.78 is 5.64. The molecule has 3 fully saturated rings. The summed E-state index contributed by atoms with van der Waals surface area (Å²) in [6, 6.07) is 0.